The van der Waals surface area contributed by atoms with E-state index in [1.54, 1.807) is 4.68 Å². The molecule has 0 unspecified atom stereocenters. The van der Waals surface area contributed by atoms with E-state index in [1.807, 2.05) is 18.2 Å². The molecule has 3 aliphatic rings. The molecule has 1 saturated carbocycles. The summed E-state index contributed by atoms with van der Waals surface area (Å²) in [5.41, 5.74) is 0.786. The molecule has 1 saturated heterocycles. The van der Waals surface area contributed by atoms with Crippen LogP contribution in [0.3, 0.4) is 0 Å². The second-order valence-electron chi connectivity index (χ2n) is 6.62. The molecule has 3 heterocycles. The van der Waals surface area contributed by atoms with Crippen molar-refractivity contribution in [2.75, 3.05) is 13.2 Å². The maximum Gasteiger partial charge on any atom is 0.322 e. The van der Waals surface area contributed by atoms with Gasteiger partial charge < -0.3 is 14.8 Å². The lowest BCUT2D eigenvalue weighted by Crippen LogP contribution is -2.32. The zero-order valence-electron chi connectivity index (χ0n) is 13.9. The van der Waals surface area contributed by atoms with Gasteiger partial charge in [-0.25, -0.2) is 14.5 Å². The minimum Gasteiger partial charge on any atom is -0.486 e. The van der Waals surface area contributed by atoms with E-state index >= 15 is 0 Å². The molecule has 5 rings (SSSR count). The number of carbonyl (C=O) groups excluding carboxylic acids is 2. The Morgan fingerprint density at radius 1 is 1.15 bits per heavy atom. The first-order valence-corrected chi connectivity index (χ1v) is 8.64. The Kier molecular flexibility index (Phi) is 3.34. The molecule has 134 valence electrons. The molecule has 1 aromatic heterocycles. The number of hydrogen-bond donors (Lipinski definition) is 2. The first-order valence-electron chi connectivity index (χ1n) is 8.64. The van der Waals surface area contributed by atoms with Gasteiger partial charge in [-0.2, -0.15) is 5.10 Å². The Morgan fingerprint density at radius 3 is 2.69 bits per heavy atom. The minimum atomic E-state index is -0.644. The number of benzene rings is 1. The van der Waals surface area contributed by atoms with Crippen molar-refractivity contribution in [1.82, 2.24) is 25.4 Å². The fourth-order valence-electron chi connectivity index (χ4n) is 3.16. The van der Waals surface area contributed by atoms with Crippen LogP contribution in [0.5, 0.6) is 11.5 Å². The number of amides is 3. The van der Waals surface area contributed by atoms with E-state index < -0.39 is 12.1 Å². The van der Waals surface area contributed by atoms with Gasteiger partial charge in [0.1, 0.15) is 25.1 Å². The van der Waals surface area contributed by atoms with Crippen molar-refractivity contribution in [3.63, 3.8) is 0 Å². The summed E-state index contributed by atoms with van der Waals surface area (Å²) in [6.45, 7) is 1.03. The number of ether oxygens (including phenoxy) is 2. The number of nitrogens with one attached hydrogen (secondary N) is 2. The molecule has 9 nitrogen and oxygen atoms in total. The zero-order valence-corrected chi connectivity index (χ0v) is 13.9. The van der Waals surface area contributed by atoms with Crippen molar-refractivity contribution in [1.29, 1.82) is 0 Å². The molecule has 2 N–H and O–H groups in total. The summed E-state index contributed by atoms with van der Waals surface area (Å²) in [7, 11) is 0. The highest BCUT2D eigenvalue weighted by atomic mass is 16.6. The molecule has 1 aromatic carbocycles. The normalized spacial score (nSPS) is 21.5. The maximum absolute atomic E-state index is 11.9. The second-order valence-corrected chi connectivity index (χ2v) is 6.62. The number of hydrogen-bond acceptors (Lipinski definition) is 6. The molecule has 2 aromatic rings. The van der Waals surface area contributed by atoms with Gasteiger partial charge in [0, 0.05) is 18.4 Å². The number of imide groups is 1. The Morgan fingerprint density at radius 2 is 1.96 bits per heavy atom. The average molecular weight is 355 g/mol. The Bertz CT molecular complexity index is 905. The molecule has 9 heteroatoms. The van der Waals surface area contributed by atoms with Crippen LogP contribution in [0.1, 0.15) is 30.4 Å². The van der Waals surface area contributed by atoms with Crippen LogP contribution in [-0.4, -0.2) is 46.0 Å². The number of urea groups is 1. The van der Waals surface area contributed by atoms with Crippen LogP contribution in [0.25, 0.3) is 5.69 Å². The topological polar surface area (TPSA) is 107 Å². The zero-order chi connectivity index (χ0) is 17.7. The standard InChI is InChI=1S/C17H17N5O4/c23-16-11(18-17(24)20-16)8-14-19-15(9-1-2-9)21-22(14)10-3-4-12-13(7-10)26-6-5-25-12/h3-4,7,9,11H,1-2,5-6,8H2,(H2,18,20,23,24)/t11-/m0/s1. The Hall–Kier alpha value is -3.10. The van der Waals surface area contributed by atoms with Crippen molar-refractivity contribution >= 4 is 11.9 Å². The molecule has 26 heavy (non-hydrogen) atoms. The van der Waals surface area contributed by atoms with Crippen LogP contribution in [0.4, 0.5) is 4.79 Å². The van der Waals surface area contributed by atoms with E-state index in [9.17, 15) is 9.59 Å². The summed E-state index contributed by atoms with van der Waals surface area (Å²) in [5, 5.41) is 9.50. The maximum atomic E-state index is 11.9. The van der Waals surface area contributed by atoms with Gasteiger partial charge in [0.05, 0.1) is 5.69 Å². The van der Waals surface area contributed by atoms with E-state index in [4.69, 9.17) is 9.47 Å². The highest BCUT2D eigenvalue weighted by Gasteiger charge is 2.34. The summed E-state index contributed by atoms with van der Waals surface area (Å²) in [6, 6.07) is 4.46. The fraction of sp³-hybridized carbons (Fsp3) is 0.412. The monoisotopic (exact) mass is 355 g/mol. The fourth-order valence-corrected chi connectivity index (χ4v) is 3.16. The molecule has 1 aliphatic carbocycles. The van der Waals surface area contributed by atoms with Crippen LogP contribution in [0.15, 0.2) is 18.2 Å². The van der Waals surface area contributed by atoms with Gasteiger partial charge in [0.25, 0.3) is 5.91 Å². The number of rotatable bonds is 4. The highest BCUT2D eigenvalue weighted by molar-refractivity contribution is 6.04. The van der Waals surface area contributed by atoms with Crippen molar-refractivity contribution in [3.05, 3.63) is 29.8 Å². The van der Waals surface area contributed by atoms with Crippen molar-refractivity contribution in [2.24, 2.45) is 0 Å². The van der Waals surface area contributed by atoms with Gasteiger partial charge in [0.15, 0.2) is 17.3 Å². The molecule has 2 fully saturated rings. The number of fused-ring (bicyclic) bond motifs is 1. The molecular formula is C17H17N5O4. The van der Waals surface area contributed by atoms with Crippen LogP contribution in [-0.2, 0) is 11.2 Å². The quantitative estimate of drug-likeness (QED) is 0.781. The summed E-state index contributed by atoms with van der Waals surface area (Å²) in [4.78, 5) is 27.9. The van der Waals surface area contributed by atoms with Crippen molar-refractivity contribution in [3.8, 4) is 17.2 Å². The largest absolute Gasteiger partial charge is 0.486 e. The number of nitrogens with zero attached hydrogens (tertiary/aromatic N) is 3. The van der Waals surface area contributed by atoms with E-state index in [0.717, 1.165) is 24.4 Å². The van der Waals surface area contributed by atoms with E-state index in [-0.39, 0.29) is 12.3 Å². The summed E-state index contributed by atoms with van der Waals surface area (Å²) in [6.07, 6.45) is 2.42. The van der Waals surface area contributed by atoms with Gasteiger partial charge in [-0.1, -0.05) is 0 Å². The Labute approximate surface area is 148 Å². The lowest BCUT2D eigenvalue weighted by Gasteiger charge is -2.19. The van der Waals surface area contributed by atoms with Gasteiger partial charge in [-0.15, -0.1) is 0 Å². The third-order valence-corrected chi connectivity index (χ3v) is 4.65. The van der Waals surface area contributed by atoms with E-state index in [1.165, 1.54) is 0 Å². The molecule has 0 radical (unpaired) electrons. The van der Waals surface area contributed by atoms with Gasteiger partial charge in [-0.05, 0) is 25.0 Å². The van der Waals surface area contributed by atoms with E-state index in [0.29, 0.717) is 36.5 Å². The van der Waals surface area contributed by atoms with Crippen molar-refractivity contribution < 1.29 is 19.1 Å². The average Bonchev–Trinajstić information content (AvgIpc) is 3.33. The number of aromatic nitrogens is 3. The second kappa shape index (κ2) is 5.72. The predicted molar refractivity (Wildman–Crippen MR) is 88.5 cm³/mol. The molecule has 0 spiro atoms. The van der Waals surface area contributed by atoms with Gasteiger partial charge in [0.2, 0.25) is 0 Å². The lowest BCUT2D eigenvalue weighted by molar-refractivity contribution is -0.120. The van der Waals surface area contributed by atoms with Gasteiger partial charge in [-0.3, -0.25) is 10.1 Å². The van der Waals surface area contributed by atoms with E-state index in [2.05, 4.69) is 20.7 Å². The number of carbonyl (C=O) groups is 2. The molecule has 3 amide bonds. The highest BCUT2D eigenvalue weighted by Crippen LogP contribution is 2.39. The molecular weight excluding hydrogens is 338 g/mol. The molecule has 0 bridgehead atoms. The Balaban J connectivity index is 1.51. The molecule has 1 atom stereocenters. The van der Waals surface area contributed by atoms with Crippen LogP contribution in [0.2, 0.25) is 0 Å². The van der Waals surface area contributed by atoms with Crippen LogP contribution < -0.4 is 20.1 Å². The molecule has 2 aliphatic heterocycles. The first-order chi connectivity index (χ1) is 12.7. The third kappa shape index (κ3) is 2.65. The predicted octanol–water partition coefficient (Wildman–Crippen LogP) is 0.666. The van der Waals surface area contributed by atoms with Gasteiger partial charge >= 0.3 is 6.03 Å². The summed E-state index contributed by atoms with van der Waals surface area (Å²) >= 11 is 0. The van der Waals surface area contributed by atoms with Crippen molar-refractivity contribution in [2.45, 2.75) is 31.2 Å². The summed E-state index contributed by atoms with van der Waals surface area (Å²) in [5.74, 6) is 2.80. The third-order valence-electron chi connectivity index (χ3n) is 4.65. The van der Waals surface area contributed by atoms with Crippen LogP contribution in [0, 0.1) is 0 Å². The summed E-state index contributed by atoms with van der Waals surface area (Å²) < 4.78 is 12.9. The lowest BCUT2D eigenvalue weighted by atomic mass is 10.2. The SMILES string of the molecule is O=C1NC(=O)[C@H](Cc2nc(C3CC3)nn2-c2ccc3c(c2)OCCO3)N1. The first kappa shape index (κ1) is 15.2. The smallest absolute Gasteiger partial charge is 0.322 e. The van der Waals surface area contributed by atoms with Crippen LogP contribution >= 0.6 is 0 Å². The minimum absolute atomic E-state index is 0.270.